The van der Waals surface area contributed by atoms with Crippen molar-refractivity contribution in [2.45, 2.75) is 12.6 Å². The number of carbonyl (C=O) groups is 1. The van der Waals surface area contributed by atoms with Crippen molar-refractivity contribution in [3.63, 3.8) is 0 Å². The van der Waals surface area contributed by atoms with Crippen molar-refractivity contribution in [1.29, 1.82) is 5.26 Å². The molecule has 0 bridgehead atoms. The quantitative estimate of drug-likeness (QED) is 0.852. The molecule has 0 aromatic heterocycles. The maximum absolute atomic E-state index is 12.8. The molecule has 2 aromatic rings. The molecule has 1 saturated heterocycles. The summed E-state index contributed by atoms with van der Waals surface area (Å²) in [4.78, 5) is 18.7. The Balaban J connectivity index is 1.66. The number of amides is 1. The molecule has 1 amide bonds. The van der Waals surface area contributed by atoms with Gasteiger partial charge in [-0.25, -0.2) is 0 Å². The molecule has 2 aromatic carbocycles. The summed E-state index contributed by atoms with van der Waals surface area (Å²) in [5, 5.41) is 9.57. The van der Waals surface area contributed by atoms with Crippen LogP contribution >= 0.6 is 0 Å². The largest absolute Gasteiger partial charge is 0.378 e. The lowest BCUT2D eigenvalue weighted by Crippen LogP contribution is -2.53. The van der Waals surface area contributed by atoms with Gasteiger partial charge in [0.25, 0.3) is 5.91 Å². The number of anilines is 1. The van der Waals surface area contributed by atoms with Crippen LogP contribution in [0.4, 0.5) is 5.69 Å². The van der Waals surface area contributed by atoms with Gasteiger partial charge in [-0.15, -0.1) is 0 Å². The minimum Gasteiger partial charge on any atom is -0.378 e. The molecule has 0 radical (unpaired) electrons. The van der Waals surface area contributed by atoms with Crippen LogP contribution in [-0.4, -0.2) is 55.5 Å². The lowest BCUT2D eigenvalue weighted by Gasteiger charge is -2.38. The summed E-state index contributed by atoms with van der Waals surface area (Å²) in [6.45, 7) is 2.52. The zero-order valence-electron chi connectivity index (χ0n) is 15.3. The van der Waals surface area contributed by atoms with Gasteiger partial charge in [0.05, 0.1) is 6.07 Å². The highest BCUT2D eigenvalue weighted by atomic mass is 16.2. The highest BCUT2D eigenvalue weighted by Gasteiger charge is 2.30. The third kappa shape index (κ3) is 4.04. The number of rotatable bonds is 4. The van der Waals surface area contributed by atoms with Crippen molar-refractivity contribution in [1.82, 2.24) is 9.80 Å². The van der Waals surface area contributed by atoms with E-state index in [1.807, 2.05) is 61.5 Å². The fourth-order valence-corrected chi connectivity index (χ4v) is 3.22. The Bertz CT molecular complexity index is 780. The molecule has 1 heterocycles. The van der Waals surface area contributed by atoms with Crippen molar-refractivity contribution in [3.8, 4) is 6.07 Å². The summed E-state index contributed by atoms with van der Waals surface area (Å²) in [5.74, 6) is -0.00471. The number of piperazine rings is 1. The molecule has 0 aliphatic carbocycles. The van der Waals surface area contributed by atoms with Crippen LogP contribution in [-0.2, 0) is 6.54 Å². The van der Waals surface area contributed by atoms with Crippen LogP contribution in [0.1, 0.15) is 15.9 Å². The van der Waals surface area contributed by atoms with Gasteiger partial charge < -0.3 is 9.80 Å². The van der Waals surface area contributed by atoms with Gasteiger partial charge in [0.15, 0.2) is 0 Å². The van der Waals surface area contributed by atoms with E-state index in [4.69, 9.17) is 0 Å². The first-order chi connectivity index (χ1) is 12.6. The lowest BCUT2D eigenvalue weighted by molar-refractivity contribution is 0.0552. The van der Waals surface area contributed by atoms with Gasteiger partial charge in [-0.1, -0.05) is 30.3 Å². The summed E-state index contributed by atoms with van der Waals surface area (Å²) in [6.07, 6.45) is 0. The van der Waals surface area contributed by atoms with Gasteiger partial charge in [0.2, 0.25) is 0 Å². The minimum absolute atomic E-state index is 0.00471. The summed E-state index contributed by atoms with van der Waals surface area (Å²) in [7, 11) is 3.95. The predicted octanol–water partition coefficient (Wildman–Crippen LogP) is 2.60. The van der Waals surface area contributed by atoms with E-state index >= 15 is 0 Å². The van der Waals surface area contributed by atoms with Crippen molar-refractivity contribution in [2.24, 2.45) is 0 Å². The number of nitriles is 1. The Morgan fingerprint density at radius 2 is 1.81 bits per heavy atom. The van der Waals surface area contributed by atoms with Crippen LogP contribution in [0.5, 0.6) is 0 Å². The summed E-state index contributed by atoms with van der Waals surface area (Å²) in [5.41, 5.74) is 2.92. The van der Waals surface area contributed by atoms with E-state index < -0.39 is 0 Å². The number of nitrogens with zero attached hydrogens (tertiary/aromatic N) is 4. The van der Waals surface area contributed by atoms with Crippen molar-refractivity contribution in [2.75, 3.05) is 38.6 Å². The van der Waals surface area contributed by atoms with E-state index in [1.54, 1.807) is 4.90 Å². The van der Waals surface area contributed by atoms with E-state index in [9.17, 15) is 10.1 Å². The zero-order valence-corrected chi connectivity index (χ0v) is 15.3. The molecule has 26 heavy (non-hydrogen) atoms. The molecule has 0 saturated carbocycles. The zero-order chi connectivity index (χ0) is 18.5. The van der Waals surface area contributed by atoms with Gasteiger partial charge in [-0.2, -0.15) is 5.26 Å². The summed E-state index contributed by atoms with van der Waals surface area (Å²) in [6, 6.07) is 19.8. The first-order valence-corrected chi connectivity index (χ1v) is 8.83. The molecule has 0 N–H and O–H groups in total. The first-order valence-electron chi connectivity index (χ1n) is 8.83. The highest BCUT2D eigenvalue weighted by Crippen LogP contribution is 2.18. The summed E-state index contributed by atoms with van der Waals surface area (Å²) >= 11 is 0. The molecule has 1 atom stereocenters. The fourth-order valence-electron chi connectivity index (χ4n) is 3.22. The second kappa shape index (κ2) is 8.03. The van der Waals surface area contributed by atoms with Gasteiger partial charge >= 0.3 is 0 Å². The molecule has 0 unspecified atom stereocenters. The fraction of sp³-hybridized carbons (Fsp3) is 0.333. The molecule has 1 aliphatic heterocycles. The van der Waals surface area contributed by atoms with Crippen LogP contribution in [0.25, 0.3) is 0 Å². The minimum atomic E-state index is -0.283. The van der Waals surface area contributed by atoms with Crippen LogP contribution in [0.15, 0.2) is 54.6 Å². The maximum atomic E-state index is 12.8. The molecule has 3 rings (SSSR count). The van der Waals surface area contributed by atoms with Gasteiger partial charge in [-0.05, 0) is 29.8 Å². The third-order valence-corrected chi connectivity index (χ3v) is 4.79. The van der Waals surface area contributed by atoms with E-state index in [1.165, 1.54) is 5.56 Å². The molecule has 134 valence electrons. The standard InChI is InChI=1S/C21H24N4O/c1-23(2)19-10-8-18(9-11-19)21(26)25-13-12-24(20(14-22)16-25)15-17-6-4-3-5-7-17/h3-11,20H,12-13,15-16H2,1-2H3/t20-/m0/s1. The molecule has 5 heteroatoms. The van der Waals surface area contributed by atoms with E-state index in [-0.39, 0.29) is 11.9 Å². The Labute approximate surface area is 155 Å². The number of hydrogen-bond acceptors (Lipinski definition) is 4. The van der Waals surface area contributed by atoms with Gasteiger partial charge in [0, 0.05) is 51.5 Å². The summed E-state index contributed by atoms with van der Waals surface area (Å²) < 4.78 is 0. The predicted molar refractivity (Wildman–Crippen MR) is 103 cm³/mol. The van der Waals surface area contributed by atoms with E-state index in [2.05, 4.69) is 23.1 Å². The molecule has 5 nitrogen and oxygen atoms in total. The molecule has 1 fully saturated rings. The van der Waals surface area contributed by atoms with Crippen molar-refractivity contribution >= 4 is 11.6 Å². The van der Waals surface area contributed by atoms with Crippen molar-refractivity contribution < 1.29 is 4.79 Å². The Morgan fingerprint density at radius 1 is 1.12 bits per heavy atom. The average molecular weight is 348 g/mol. The second-order valence-corrected chi connectivity index (χ2v) is 6.79. The van der Waals surface area contributed by atoms with Crippen LogP contribution in [0.3, 0.4) is 0 Å². The van der Waals surface area contributed by atoms with Gasteiger partial charge in [-0.3, -0.25) is 9.69 Å². The molecule has 0 spiro atoms. The van der Waals surface area contributed by atoms with Crippen molar-refractivity contribution in [3.05, 3.63) is 65.7 Å². The molecular formula is C21H24N4O. The van der Waals surface area contributed by atoms with Crippen LogP contribution in [0, 0.1) is 11.3 Å². The Kier molecular flexibility index (Phi) is 5.55. The van der Waals surface area contributed by atoms with Crippen LogP contribution in [0.2, 0.25) is 0 Å². The highest BCUT2D eigenvalue weighted by molar-refractivity contribution is 5.94. The monoisotopic (exact) mass is 348 g/mol. The van der Waals surface area contributed by atoms with Gasteiger partial charge in [0.1, 0.15) is 6.04 Å². The average Bonchev–Trinajstić information content (AvgIpc) is 2.68. The topological polar surface area (TPSA) is 50.6 Å². The number of hydrogen-bond donors (Lipinski definition) is 0. The Morgan fingerprint density at radius 3 is 2.42 bits per heavy atom. The first kappa shape index (κ1) is 18.0. The lowest BCUT2D eigenvalue weighted by atomic mass is 10.1. The van der Waals surface area contributed by atoms with Crippen LogP contribution < -0.4 is 4.90 Å². The smallest absolute Gasteiger partial charge is 0.253 e. The van der Waals surface area contributed by atoms with E-state index in [0.29, 0.717) is 25.2 Å². The third-order valence-electron chi connectivity index (χ3n) is 4.79. The molecular weight excluding hydrogens is 324 g/mol. The van der Waals surface area contributed by atoms with E-state index in [0.717, 1.165) is 12.2 Å². The second-order valence-electron chi connectivity index (χ2n) is 6.79. The Hall–Kier alpha value is -2.84. The molecule has 1 aliphatic rings. The maximum Gasteiger partial charge on any atom is 0.253 e. The SMILES string of the molecule is CN(C)c1ccc(C(=O)N2CCN(Cc3ccccc3)[C@@H](C#N)C2)cc1. The number of carbonyl (C=O) groups excluding carboxylic acids is 1. The number of benzene rings is 2. The normalized spacial score (nSPS) is 17.6.